The maximum Gasteiger partial charge on any atom is 0.240 e. The lowest BCUT2D eigenvalue weighted by Gasteiger charge is -2.06. The quantitative estimate of drug-likeness (QED) is 0.553. The van der Waals surface area contributed by atoms with Crippen LogP contribution in [0.3, 0.4) is 0 Å². The normalized spacial score (nSPS) is 11.3. The largest absolute Gasteiger partial charge is 0.302 e. The summed E-state index contributed by atoms with van der Waals surface area (Å²) in [6.45, 7) is 0.00687. The predicted octanol–water partition coefficient (Wildman–Crippen LogP) is 3.88. The molecule has 140 valence electrons. The van der Waals surface area contributed by atoms with E-state index in [0.717, 1.165) is 15.7 Å². The first kappa shape index (κ1) is 19.7. The molecule has 2 aromatic carbocycles. The molecule has 0 fully saturated rings. The highest BCUT2D eigenvalue weighted by molar-refractivity contribution is 9.10. The van der Waals surface area contributed by atoms with Crippen LogP contribution < -0.4 is 10.0 Å². The molecule has 0 unspecified atom stereocenters. The number of hydrogen-bond acceptors (Lipinski definition) is 5. The van der Waals surface area contributed by atoms with Gasteiger partial charge in [0, 0.05) is 28.4 Å². The van der Waals surface area contributed by atoms with Crippen molar-refractivity contribution in [3.05, 3.63) is 64.5 Å². The summed E-state index contributed by atoms with van der Waals surface area (Å²) < 4.78 is 27.6. The van der Waals surface area contributed by atoms with Gasteiger partial charge < -0.3 is 5.32 Å². The smallest absolute Gasteiger partial charge is 0.240 e. The first-order valence-corrected chi connectivity index (χ1v) is 11.2. The van der Waals surface area contributed by atoms with Crippen LogP contribution in [0, 0.1) is 0 Å². The van der Waals surface area contributed by atoms with Gasteiger partial charge in [0.15, 0.2) is 5.13 Å². The molecule has 0 bridgehead atoms. The van der Waals surface area contributed by atoms with Crippen LogP contribution in [-0.2, 0) is 14.8 Å². The molecule has 0 radical (unpaired) electrons. The number of hydrogen-bond donors (Lipinski definition) is 2. The average Bonchev–Trinajstić information content (AvgIpc) is 3.11. The van der Waals surface area contributed by atoms with E-state index in [2.05, 4.69) is 31.0 Å². The zero-order valence-electron chi connectivity index (χ0n) is 14.1. The lowest BCUT2D eigenvalue weighted by molar-refractivity contribution is -0.116. The Balaban J connectivity index is 1.53. The number of aromatic nitrogens is 1. The highest BCUT2D eigenvalue weighted by Crippen LogP contribution is 2.26. The topological polar surface area (TPSA) is 88.2 Å². The Morgan fingerprint density at radius 2 is 1.89 bits per heavy atom. The molecule has 27 heavy (non-hydrogen) atoms. The molecule has 1 aromatic heterocycles. The van der Waals surface area contributed by atoms with Gasteiger partial charge in [0.05, 0.1) is 10.6 Å². The summed E-state index contributed by atoms with van der Waals surface area (Å²) in [4.78, 5) is 16.6. The second kappa shape index (κ2) is 8.75. The third kappa shape index (κ3) is 5.46. The summed E-state index contributed by atoms with van der Waals surface area (Å²) in [5, 5.41) is 5.02. The molecule has 0 atom stereocenters. The Hall–Kier alpha value is -2.07. The van der Waals surface area contributed by atoms with Crippen LogP contribution in [0.5, 0.6) is 0 Å². The summed E-state index contributed by atoms with van der Waals surface area (Å²) in [6, 6.07) is 15.7. The number of nitrogens with one attached hydrogen (secondary N) is 2. The minimum atomic E-state index is -3.61. The fourth-order valence-corrected chi connectivity index (χ4v) is 4.46. The number of benzene rings is 2. The second-order valence-electron chi connectivity index (χ2n) is 5.56. The summed E-state index contributed by atoms with van der Waals surface area (Å²) in [5.74, 6) is -0.305. The summed E-state index contributed by atoms with van der Waals surface area (Å²) in [5.41, 5.74) is 1.71. The molecular weight excluding hydrogens is 450 g/mol. The Labute approximate surface area is 169 Å². The van der Waals surface area contributed by atoms with Crippen LogP contribution in [0.4, 0.5) is 5.13 Å². The standard InChI is InChI=1S/C18H16BrN3O3S2/c19-14-6-4-5-13(11-14)16-12-26-18(21-16)22-17(23)9-10-20-27(24,25)15-7-2-1-3-8-15/h1-8,11-12,20H,9-10H2,(H,21,22,23). The van der Waals surface area contributed by atoms with Gasteiger partial charge in [-0.1, -0.05) is 46.3 Å². The van der Waals surface area contributed by atoms with Gasteiger partial charge >= 0.3 is 0 Å². The number of amides is 1. The lowest BCUT2D eigenvalue weighted by atomic mass is 10.2. The molecule has 0 spiro atoms. The van der Waals surface area contributed by atoms with E-state index in [1.54, 1.807) is 18.2 Å². The molecule has 1 amide bonds. The van der Waals surface area contributed by atoms with E-state index < -0.39 is 10.0 Å². The van der Waals surface area contributed by atoms with E-state index in [0.29, 0.717) is 5.13 Å². The number of carbonyl (C=O) groups is 1. The number of halogens is 1. The Morgan fingerprint density at radius 3 is 2.63 bits per heavy atom. The molecule has 2 N–H and O–H groups in total. The van der Waals surface area contributed by atoms with E-state index >= 15 is 0 Å². The number of carbonyl (C=O) groups excluding carboxylic acids is 1. The van der Waals surface area contributed by atoms with Gasteiger partial charge in [-0.05, 0) is 24.3 Å². The summed E-state index contributed by atoms with van der Waals surface area (Å²) in [6.07, 6.45) is 0.0118. The van der Waals surface area contributed by atoms with Crippen LogP contribution >= 0.6 is 27.3 Å². The number of rotatable bonds is 7. The lowest BCUT2D eigenvalue weighted by Crippen LogP contribution is -2.27. The van der Waals surface area contributed by atoms with Crippen LogP contribution in [-0.4, -0.2) is 25.9 Å². The van der Waals surface area contributed by atoms with Crippen LogP contribution in [0.25, 0.3) is 11.3 Å². The SMILES string of the molecule is O=C(CCNS(=O)(=O)c1ccccc1)Nc1nc(-c2cccc(Br)c2)cs1. The fraction of sp³-hybridized carbons (Fsp3) is 0.111. The molecule has 0 saturated carbocycles. The third-order valence-corrected chi connectivity index (χ3v) is 6.30. The molecular formula is C18H16BrN3O3S2. The fourth-order valence-electron chi connectivity index (χ4n) is 2.28. The molecule has 0 aliphatic heterocycles. The van der Waals surface area contributed by atoms with Crippen molar-refractivity contribution in [1.29, 1.82) is 0 Å². The predicted molar refractivity (Wildman–Crippen MR) is 110 cm³/mol. The van der Waals surface area contributed by atoms with Gasteiger partial charge in [0.25, 0.3) is 0 Å². The monoisotopic (exact) mass is 465 g/mol. The molecule has 0 aliphatic carbocycles. The number of sulfonamides is 1. The Kier molecular flexibility index (Phi) is 6.38. The van der Waals surface area contributed by atoms with Crippen molar-refractivity contribution in [1.82, 2.24) is 9.71 Å². The van der Waals surface area contributed by atoms with Gasteiger partial charge in [-0.3, -0.25) is 4.79 Å². The third-order valence-electron chi connectivity index (χ3n) is 3.57. The van der Waals surface area contributed by atoms with Gasteiger partial charge in [-0.2, -0.15) is 0 Å². The van der Waals surface area contributed by atoms with Gasteiger partial charge in [-0.25, -0.2) is 18.1 Å². The zero-order chi connectivity index (χ0) is 19.3. The van der Waals surface area contributed by atoms with Crippen molar-refractivity contribution in [3.63, 3.8) is 0 Å². The molecule has 3 rings (SSSR count). The highest BCUT2D eigenvalue weighted by atomic mass is 79.9. The van der Waals surface area contributed by atoms with Crippen LogP contribution in [0.1, 0.15) is 6.42 Å². The molecule has 6 nitrogen and oxygen atoms in total. The Morgan fingerprint density at radius 1 is 1.11 bits per heavy atom. The maximum absolute atomic E-state index is 12.1. The van der Waals surface area contributed by atoms with Crippen molar-refractivity contribution in [2.24, 2.45) is 0 Å². The molecule has 0 aliphatic rings. The Bertz CT molecular complexity index is 1040. The molecule has 3 aromatic rings. The molecule has 0 saturated heterocycles. The first-order chi connectivity index (χ1) is 12.9. The number of nitrogens with zero attached hydrogens (tertiary/aromatic N) is 1. The first-order valence-electron chi connectivity index (χ1n) is 8.00. The number of thiazole rings is 1. The van der Waals surface area contributed by atoms with Gasteiger partial charge in [0.1, 0.15) is 0 Å². The van der Waals surface area contributed by atoms with E-state index in [1.165, 1.54) is 23.5 Å². The van der Waals surface area contributed by atoms with Gasteiger partial charge in [-0.15, -0.1) is 11.3 Å². The van der Waals surface area contributed by atoms with E-state index in [1.807, 2.05) is 29.6 Å². The van der Waals surface area contributed by atoms with Crippen molar-refractivity contribution < 1.29 is 13.2 Å². The van der Waals surface area contributed by atoms with E-state index in [9.17, 15) is 13.2 Å². The highest BCUT2D eigenvalue weighted by Gasteiger charge is 2.14. The number of anilines is 1. The van der Waals surface area contributed by atoms with E-state index in [4.69, 9.17) is 0 Å². The minimum Gasteiger partial charge on any atom is -0.302 e. The van der Waals surface area contributed by atoms with Crippen molar-refractivity contribution in [2.75, 3.05) is 11.9 Å². The van der Waals surface area contributed by atoms with Crippen molar-refractivity contribution >= 4 is 48.3 Å². The average molecular weight is 466 g/mol. The summed E-state index contributed by atoms with van der Waals surface area (Å²) >= 11 is 4.74. The van der Waals surface area contributed by atoms with Crippen LogP contribution in [0.15, 0.2) is 69.3 Å². The van der Waals surface area contributed by atoms with Crippen molar-refractivity contribution in [2.45, 2.75) is 11.3 Å². The minimum absolute atomic E-state index is 0.00687. The molecule has 9 heteroatoms. The summed E-state index contributed by atoms with van der Waals surface area (Å²) in [7, 11) is -3.61. The van der Waals surface area contributed by atoms with E-state index in [-0.39, 0.29) is 23.8 Å². The second-order valence-corrected chi connectivity index (χ2v) is 9.10. The maximum atomic E-state index is 12.1. The van der Waals surface area contributed by atoms with Crippen LogP contribution in [0.2, 0.25) is 0 Å². The molecule has 1 heterocycles. The van der Waals surface area contributed by atoms with Crippen molar-refractivity contribution in [3.8, 4) is 11.3 Å². The zero-order valence-corrected chi connectivity index (χ0v) is 17.3. The van der Waals surface area contributed by atoms with Gasteiger partial charge in [0.2, 0.25) is 15.9 Å².